The second kappa shape index (κ2) is 8.24. The quantitative estimate of drug-likeness (QED) is 0.813. The number of carbonyl (C=O) groups excluding carboxylic acids is 1. The Morgan fingerprint density at radius 2 is 1.85 bits per heavy atom. The van der Waals surface area contributed by atoms with Crippen molar-refractivity contribution in [3.63, 3.8) is 0 Å². The zero-order valence-corrected chi connectivity index (χ0v) is 16.3. The summed E-state index contributed by atoms with van der Waals surface area (Å²) in [6.07, 6.45) is 4.64. The summed E-state index contributed by atoms with van der Waals surface area (Å²) in [5.74, 6) is -0.328. The normalized spacial score (nSPS) is 15.7. The zero-order chi connectivity index (χ0) is 18.6. The Balaban J connectivity index is 1.69. The van der Waals surface area contributed by atoms with Crippen LogP contribution in [-0.4, -0.2) is 41.9 Å². The van der Waals surface area contributed by atoms with Crippen molar-refractivity contribution in [3.8, 4) is 0 Å². The van der Waals surface area contributed by atoms with Crippen LogP contribution in [0.5, 0.6) is 0 Å². The fourth-order valence-corrected chi connectivity index (χ4v) is 5.17. The lowest BCUT2D eigenvalue weighted by Gasteiger charge is -2.25. The molecule has 7 nitrogen and oxygen atoms in total. The summed E-state index contributed by atoms with van der Waals surface area (Å²) in [6.45, 7) is 3.17. The number of anilines is 1. The molecule has 0 radical (unpaired) electrons. The van der Waals surface area contributed by atoms with Crippen molar-refractivity contribution in [1.29, 1.82) is 0 Å². The predicted octanol–water partition coefficient (Wildman–Crippen LogP) is 2.92. The molecule has 1 fully saturated rings. The molecule has 26 heavy (non-hydrogen) atoms. The van der Waals surface area contributed by atoms with Crippen LogP contribution in [0.25, 0.3) is 0 Å². The van der Waals surface area contributed by atoms with Crippen LogP contribution in [0.1, 0.15) is 48.0 Å². The molecule has 2 heterocycles. The van der Waals surface area contributed by atoms with E-state index in [9.17, 15) is 13.2 Å². The lowest BCUT2D eigenvalue weighted by atomic mass is 10.2. The van der Waals surface area contributed by atoms with Crippen molar-refractivity contribution in [2.24, 2.45) is 0 Å². The number of piperidine rings is 1. The van der Waals surface area contributed by atoms with Crippen LogP contribution in [0.2, 0.25) is 0 Å². The third-order valence-corrected chi connectivity index (χ3v) is 7.03. The molecule has 0 spiro atoms. The van der Waals surface area contributed by atoms with Crippen molar-refractivity contribution in [1.82, 2.24) is 14.5 Å². The minimum atomic E-state index is -3.49. The molecule has 0 bridgehead atoms. The lowest BCUT2D eigenvalue weighted by Crippen LogP contribution is -2.35. The molecular weight excluding hydrogens is 372 g/mol. The van der Waals surface area contributed by atoms with E-state index in [1.165, 1.54) is 39.9 Å². The number of nitrogens with zero attached hydrogens (tertiary/aromatic N) is 3. The monoisotopic (exact) mass is 394 g/mol. The van der Waals surface area contributed by atoms with Gasteiger partial charge in [0.2, 0.25) is 15.2 Å². The number of amides is 1. The summed E-state index contributed by atoms with van der Waals surface area (Å²) >= 11 is 1.35. The first-order chi connectivity index (χ1) is 12.5. The van der Waals surface area contributed by atoms with E-state index in [2.05, 4.69) is 22.4 Å². The van der Waals surface area contributed by atoms with Crippen LogP contribution >= 0.6 is 11.3 Å². The Morgan fingerprint density at radius 1 is 1.15 bits per heavy atom. The number of hydrogen-bond donors (Lipinski definition) is 1. The van der Waals surface area contributed by atoms with Crippen molar-refractivity contribution in [3.05, 3.63) is 34.8 Å². The highest BCUT2D eigenvalue weighted by atomic mass is 32.2. The van der Waals surface area contributed by atoms with Gasteiger partial charge in [-0.15, -0.1) is 10.2 Å². The molecule has 1 aromatic heterocycles. The Hall–Kier alpha value is -1.84. The van der Waals surface area contributed by atoms with Crippen LogP contribution in [0, 0.1) is 0 Å². The van der Waals surface area contributed by atoms with Gasteiger partial charge in [-0.2, -0.15) is 4.31 Å². The van der Waals surface area contributed by atoms with Gasteiger partial charge in [0.1, 0.15) is 5.01 Å². The number of aromatic nitrogens is 2. The van der Waals surface area contributed by atoms with Gasteiger partial charge >= 0.3 is 0 Å². The predicted molar refractivity (Wildman–Crippen MR) is 101 cm³/mol. The van der Waals surface area contributed by atoms with Gasteiger partial charge < -0.3 is 0 Å². The van der Waals surface area contributed by atoms with E-state index < -0.39 is 10.0 Å². The topological polar surface area (TPSA) is 92.3 Å². The first-order valence-corrected chi connectivity index (χ1v) is 11.0. The SMILES string of the molecule is CCCc1nnc(NC(=O)c2ccc(S(=O)(=O)N3CCCCC3)cc2)s1. The number of rotatable bonds is 6. The average Bonchev–Trinajstić information content (AvgIpc) is 3.10. The fourth-order valence-electron chi connectivity index (χ4n) is 2.82. The minimum absolute atomic E-state index is 0.220. The summed E-state index contributed by atoms with van der Waals surface area (Å²) in [5, 5.41) is 12.0. The first kappa shape index (κ1) is 18.9. The molecule has 2 aromatic rings. The van der Waals surface area contributed by atoms with E-state index in [4.69, 9.17) is 0 Å². The number of carbonyl (C=O) groups is 1. The summed E-state index contributed by atoms with van der Waals surface area (Å²) in [4.78, 5) is 12.5. The molecule has 0 saturated carbocycles. The van der Waals surface area contributed by atoms with Crippen LogP contribution in [0.4, 0.5) is 5.13 Å². The molecule has 0 unspecified atom stereocenters. The molecule has 140 valence electrons. The maximum atomic E-state index is 12.6. The smallest absolute Gasteiger partial charge is 0.257 e. The van der Waals surface area contributed by atoms with Gasteiger partial charge in [0, 0.05) is 25.1 Å². The van der Waals surface area contributed by atoms with Gasteiger partial charge in [-0.05, 0) is 43.5 Å². The van der Waals surface area contributed by atoms with Crippen molar-refractivity contribution in [2.75, 3.05) is 18.4 Å². The molecule has 1 aliphatic rings. The van der Waals surface area contributed by atoms with E-state index in [1.807, 2.05) is 0 Å². The average molecular weight is 395 g/mol. The van der Waals surface area contributed by atoms with Gasteiger partial charge in [0.05, 0.1) is 4.90 Å². The largest absolute Gasteiger partial charge is 0.296 e. The second-order valence-corrected chi connectivity index (χ2v) is 9.19. The molecule has 0 atom stereocenters. The lowest BCUT2D eigenvalue weighted by molar-refractivity contribution is 0.102. The second-order valence-electron chi connectivity index (χ2n) is 6.19. The van der Waals surface area contributed by atoms with Crippen LogP contribution in [-0.2, 0) is 16.4 Å². The number of nitrogens with one attached hydrogen (secondary N) is 1. The van der Waals surface area contributed by atoms with Gasteiger partial charge in [0.15, 0.2) is 0 Å². The third-order valence-electron chi connectivity index (χ3n) is 4.22. The van der Waals surface area contributed by atoms with E-state index >= 15 is 0 Å². The molecule has 1 saturated heterocycles. The summed E-state index contributed by atoms with van der Waals surface area (Å²) < 4.78 is 26.8. The maximum absolute atomic E-state index is 12.6. The highest BCUT2D eigenvalue weighted by Crippen LogP contribution is 2.22. The highest BCUT2D eigenvalue weighted by Gasteiger charge is 2.26. The van der Waals surface area contributed by atoms with Gasteiger partial charge in [-0.25, -0.2) is 8.42 Å². The fraction of sp³-hybridized carbons (Fsp3) is 0.471. The molecule has 1 aromatic carbocycles. The van der Waals surface area contributed by atoms with Gasteiger partial charge in [-0.3, -0.25) is 10.1 Å². The standard InChI is InChI=1S/C17H22N4O3S2/c1-2-6-15-19-20-17(25-15)18-16(22)13-7-9-14(10-8-13)26(23,24)21-11-4-3-5-12-21/h7-10H,2-6,11-12H2,1H3,(H,18,20,22). The Labute approximate surface area is 157 Å². The van der Waals surface area contributed by atoms with Crippen LogP contribution in [0.3, 0.4) is 0 Å². The van der Waals surface area contributed by atoms with E-state index in [1.54, 1.807) is 0 Å². The first-order valence-electron chi connectivity index (χ1n) is 8.74. The Bertz CT molecular complexity index is 856. The van der Waals surface area contributed by atoms with E-state index in [0.717, 1.165) is 37.1 Å². The van der Waals surface area contributed by atoms with Crippen LogP contribution < -0.4 is 5.32 Å². The Morgan fingerprint density at radius 3 is 2.50 bits per heavy atom. The van der Waals surface area contributed by atoms with E-state index in [-0.39, 0.29) is 10.8 Å². The van der Waals surface area contributed by atoms with Crippen molar-refractivity contribution in [2.45, 2.75) is 43.9 Å². The molecule has 3 rings (SSSR count). The molecular formula is C17H22N4O3S2. The molecule has 1 N–H and O–H groups in total. The minimum Gasteiger partial charge on any atom is -0.296 e. The zero-order valence-electron chi connectivity index (χ0n) is 14.6. The molecule has 1 amide bonds. The summed E-state index contributed by atoms with van der Waals surface area (Å²) in [7, 11) is -3.49. The number of sulfonamides is 1. The number of hydrogen-bond acceptors (Lipinski definition) is 6. The van der Waals surface area contributed by atoms with E-state index in [0.29, 0.717) is 23.8 Å². The van der Waals surface area contributed by atoms with Gasteiger partial charge in [0.25, 0.3) is 5.91 Å². The molecule has 9 heteroatoms. The molecule has 1 aliphatic heterocycles. The van der Waals surface area contributed by atoms with Crippen molar-refractivity contribution >= 4 is 32.4 Å². The maximum Gasteiger partial charge on any atom is 0.257 e. The van der Waals surface area contributed by atoms with Crippen LogP contribution in [0.15, 0.2) is 29.2 Å². The molecule has 0 aliphatic carbocycles. The Kier molecular flexibility index (Phi) is 6.00. The van der Waals surface area contributed by atoms with Gasteiger partial charge in [-0.1, -0.05) is 24.7 Å². The third kappa shape index (κ3) is 4.28. The summed E-state index contributed by atoms with van der Waals surface area (Å²) in [5.41, 5.74) is 0.384. The number of benzene rings is 1. The highest BCUT2D eigenvalue weighted by molar-refractivity contribution is 7.89. The number of aryl methyl sites for hydroxylation is 1. The van der Waals surface area contributed by atoms with Crippen molar-refractivity contribution < 1.29 is 13.2 Å². The summed E-state index contributed by atoms with van der Waals surface area (Å²) in [6, 6.07) is 6.03.